The first kappa shape index (κ1) is 24.3. The van der Waals surface area contributed by atoms with Crippen LogP contribution < -0.4 is 10.1 Å². The number of anilines is 1. The van der Waals surface area contributed by atoms with Gasteiger partial charge < -0.3 is 20.1 Å². The molecule has 2 amide bonds. The average Bonchev–Trinajstić information content (AvgIpc) is 2.89. The minimum absolute atomic E-state index is 0.0804. The number of nitrogens with one attached hydrogen (secondary N) is 1. The van der Waals surface area contributed by atoms with E-state index in [0.717, 1.165) is 37.4 Å². The highest BCUT2D eigenvalue weighted by molar-refractivity contribution is 5.89. The fourth-order valence-corrected chi connectivity index (χ4v) is 5.78. The summed E-state index contributed by atoms with van der Waals surface area (Å²) in [5, 5.41) is 13.3. The van der Waals surface area contributed by atoms with Crippen LogP contribution in [0.4, 0.5) is 10.5 Å². The van der Waals surface area contributed by atoms with E-state index in [0.29, 0.717) is 6.54 Å². The number of carbonyl (C=O) groups is 1. The summed E-state index contributed by atoms with van der Waals surface area (Å²) >= 11 is 0. The number of nitrogens with zero attached hydrogens (tertiary/aromatic N) is 2. The molecule has 3 aromatic rings. The molecule has 6 heteroatoms. The Morgan fingerprint density at radius 2 is 1.72 bits per heavy atom. The van der Waals surface area contributed by atoms with Gasteiger partial charge in [-0.1, -0.05) is 48.5 Å². The first-order chi connectivity index (χ1) is 17.6. The van der Waals surface area contributed by atoms with E-state index < -0.39 is 0 Å². The molecule has 2 N–H and O–H groups in total. The number of aliphatic hydroxyl groups is 1. The number of amides is 2. The summed E-state index contributed by atoms with van der Waals surface area (Å²) in [5.74, 6) is 0.950. The molecule has 2 saturated heterocycles. The summed E-state index contributed by atoms with van der Waals surface area (Å²) in [7, 11) is 1.63. The van der Waals surface area contributed by atoms with Crippen molar-refractivity contribution in [3.05, 3.63) is 83.9 Å². The van der Waals surface area contributed by atoms with Crippen molar-refractivity contribution >= 4 is 11.7 Å². The lowest BCUT2D eigenvalue weighted by atomic mass is 9.74. The van der Waals surface area contributed by atoms with E-state index in [2.05, 4.69) is 65.7 Å². The Labute approximate surface area is 213 Å². The SMILES string of the molecule is COc1ccc(NC(=O)N2CCCCN3[C@H](CO)[C@H](c4ccc(-c5ccccc5C)cc4)[C@H]3C2)cc1. The van der Waals surface area contributed by atoms with Crippen LogP contribution in [0.5, 0.6) is 5.75 Å². The number of hydrogen-bond donors (Lipinski definition) is 2. The van der Waals surface area contributed by atoms with Gasteiger partial charge in [-0.05, 0) is 72.8 Å². The Morgan fingerprint density at radius 3 is 2.42 bits per heavy atom. The second kappa shape index (κ2) is 10.7. The molecule has 0 spiro atoms. The summed E-state index contributed by atoms with van der Waals surface area (Å²) < 4.78 is 5.22. The Bertz CT molecular complexity index is 1180. The van der Waals surface area contributed by atoms with Gasteiger partial charge in [-0.2, -0.15) is 0 Å². The maximum absolute atomic E-state index is 13.2. The van der Waals surface area contributed by atoms with Crippen LogP contribution in [0.15, 0.2) is 72.8 Å². The van der Waals surface area contributed by atoms with Crippen LogP contribution in [-0.2, 0) is 0 Å². The van der Waals surface area contributed by atoms with Crippen molar-refractivity contribution in [2.75, 3.05) is 38.7 Å². The highest BCUT2D eigenvalue weighted by Gasteiger charge is 2.49. The second-order valence-electron chi connectivity index (χ2n) is 9.83. The standard InChI is InChI=1S/C30H35N3O3/c1-21-7-3-4-8-26(21)22-9-11-23(12-10-22)29-27-19-32(17-5-6-18-33(27)28(29)20-34)30(35)31-24-13-15-25(36-2)16-14-24/h3-4,7-16,27-29,34H,5-6,17-20H2,1-2H3,(H,31,35)/t27-,28-,29-/m1/s1. The van der Waals surface area contributed by atoms with Crippen molar-refractivity contribution in [2.24, 2.45) is 0 Å². The molecule has 2 heterocycles. The van der Waals surface area contributed by atoms with Gasteiger partial charge in [-0.25, -0.2) is 4.79 Å². The van der Waals surface area contributed by atoms with Gasteiger partial charge in [-0.15, -0.1) is 0 Å². The zero-order chi connectivity index (χ0) is 25.1. The van der Waals surface area contributed by atoms with Gasteiger partial charge in [-0.3, -0.25) is 4.90 Å². The van der Waals surface area contributed by atoms with Crippen LogP contribution in [0, 0.1) is 6.92 Å². The van der Waals surface area contributed by atoms with Gasteiger partial charge in [0.25, 0.3) is 0 Å². The minimum Gasteiger partial charge on any atom is -0.497 e. The molecule has 0 aliphatic carbocycles. The average molecular weight is 486 g/mol. The van der Waals surface area contributed by atoms with Crippen LogP contribution in [0.2, 0.25) is 0 Å². The first-order valence-electron chi connectivity index (χ1n) is 12.8. The van der Waals surface area contributed by atoms with E-state index >= 15 is 0 Å². The van der Waals surface area contributed by atoms with Crippen molar-refractivity contribution in [3.63, 3.8) is 0 Å². The smallest absolute Gasteiger partial charge is 0.321 e. The number of fused-ring (bicyclic) bond motifs is 1. The number of aryl methyl sites for hydroxylation is 1. The topological polar surface area (TPSA) is 65.0 Å². The Kier molecular flexibility index (Phi) is 7.25. The molecule has 3 aromatic carbocycles. The maximum atomic E-state index is 13.2. The third-order valence-electron chi connectivity index (χ3n) is 7.75. The molecule has 0 aromatic heterocycles. The molecule has 0 saturated carbocycles. The largest absolute Gasteiger partial charge is 0.497 e. The predicted octanol–water partition coefficient (Wildman–Crippen LogP) is 5.13. The van der Waals surface area contributed by atoms with Crippen LogP contribution in [-0.4, -0.2) is 66.4 Å². The number of benzene rings is 3. The number of rotatable bonds is 5. The van der Waals surface area contributed by atoms with Crippen molar-refractivity contribution < 1.29 is 14.6 Å². The van der Waals surface area contributed by atoms with Crippen molar-refractivity contribution in [2.45, 2.75) is 37.8 Å². The zero-order valence-corrected chi connectivity index (χ0v) is 21.1. The lowest BCUT2D eigenvalue weighted by Crippen LogP contribution is -2.68. The van der Waals surface area contributed by atoms with Gasteiger partial charge in [0.15, 0.2) is 0 Å². The van der Waals surface area contributed by atoms with Crippen LogP contribution in [0.1, 0.15) is 29.9 Å². The van der Waals surface area contributed by atoms with E-state index in [1.807, 2.05) is 29.2 Å². The minimum atomic E-state index is -0.0804. The summed E-state index contributed by atoms with van der Waals surface area (Å²) in [6, 6.07) is 24.8. The molecule has 0 bridgehead atoms. The Hall–Kier alpha value is -3.35. The molecule has 0 radical (unpaired) electrons. The number of hydrogen-bond acceptors (Lipinski definition) is 4. The lowest BCUT2D eigenvalue weighted by molar-refractivity contribution is -0.0585. The van der Waals surface area contributed by atoms with Gasteiger partial charge in [0.2, 0.25) is 0 Å². The third-order valence-corrected chi connectivity index (χ3v) is 7.75. The molecular formula is C30H35N3O3. The molecule has 2 fully saturated rings. The van der Waals surface area contributed by atoms with Gasteiger partial charge >= 0.3 is 6.03 Å². The monoisotopic (exact) mass is 485 g/mol. The molecular weight excluding hydrogens is 450 g/mol. The lowest BCUT2D eigenvalue weighted by Gasteiger charge is -2.57. The summed E-state index contributed by atoms with van der Waals surface area (Å²) in [6.45, 7) is 4.59. The number of urea groups is 1. The number of methoxy groups -OCH3 is 1. The van der Waals surface area contributed by atoms with Crippen molar-refractivity contribution in [1.82, 2.24) is 9.80 Å². The van der Waals surface area contributed by atoms with E-state index in [1.54, 1.807) is 7.11 Å². The summed E-state index contributed by atoms with van der Waals surface area (Å²) in [6.07, 6.45) is 1.96. The zero-order valence-electron chi connectivity index (χ0n) is 21.1. The normalized spacial score (nSPS) is 22.1. The van der Waals surface area contributed by atoms with E-state index in [4.69, 9.17) is 4.74 Å². The molecule has 0 unspecified atom stereocenters. The summed E-state index contributed by atoms with van der Waals surface area (Å²) in [5.41, 5.74) is 5.68. The molecule has 2 aliphatic rings. The van der Waals surface area contributed by atoms with Crippen LogP contribution in [0.25, 0.3) is 11.1 Å². The van der Waals surface area contributed by atoms with E-state index in [9.17, 15) is 9.90 Å². The van der Waals surface area contributed by atoms with E-state index in [1.165, 1.54) is 22.3 Å². The molecule has 6 nitrogen and oxygen atoms in total. The Balaban J connectivity index is 1.33. The Morgan fingerprint density at radius 1 is 1.00 bits per heavy atom. The molecule has 3 atom stereocenters. The van der Waals surface area contributed by atoms with Gasteiger partial charge in [0, 0.05) is 36.8 Å². The van der Waals surface area contributed by atoms with Crippen molar-refractivity contribution in [1.29, 1.82) is 0 Å². The molecule has 5 rings (SSSR count). The molecule has 188 valence electrons. The van der Waals surface area contributed by atoms with Gasteiger partial charge in [0.05, 0.1) is 13.7 Å². The number of aliphatic hydroxyl groups excluding tert-OH is 1. The van der Waals surface area contributed by atoms with E-state index in [-0.39, 0.29) is 30.6 Å². The highest BCUT2D eigenvalue weighted by atomic mass is 16.5. The highest BCUT2D eigenvalue weighted by Crippen LogP contribution is 2.42. The fourth-order valence-electron chi connectivity index (χ4n) is 5.78. The quantitative estimate of drug-likeness (QED) is 0.526. The first-order valence-corrected chi connectivity index (χ1v) is 12.8. The molecule has 2 aliphatic heterocycles. The second-order valence-corrected chi connectivity index (χ2v) is 9.83. The predicted molar refractivity (Wildman–Crippen MR) is 144 cm³/mol. The molecule has 36 heavy (non-hydrogen) atoms. The van der Waals surface area contributed by atoms with Crippen LogP contribution in [0.3, 0.4) is 0 Å². The van der Waals surface area contributed by atoms with Crippen LogP contribution >= 0.6 is 0 Å². The third kappa shape index (κ3) is 4.84. The fraction of sp³-hybridized carbons (Fsp3) is 0.367. The van der Waals surface area contributed by atoms with Crippen molar-refractivity contribution in [3.8, 4) is 16.9 Å². The number of ether oxygens (including phenoxy) is 1. The maximum Gasteiger partial charge on any atom is 0.321 e. The summed E-state index contributed by atoms with van der Waals surface area (Å²) in [4.78, 5) is 17.5. The van der Waals surface area contributed by atoms with Gasteiger partial charge in [0.1, 0.15) is 5.75 Å². The number of carbonyl (C=O) groups excluding carboxylic acids is 1.